The van der Waals surface area contributed by atoms with E-state index in [-0.39, 0.29) is 24.1 Å². The van der Waals surface area contributed by atoms with Crippen LogP contribution in [-0.2, 0) is 22.5 Å². The largest absolute Gasteiger partial charge is 0.492 e. The van der Waals surface area contributed by atoms with E-state index < -0.39 is 43.7 Å². The highest BCUT2D eigenvalue weighted by Crippen LogP contribution is 2.28. The van der Waals surface area contributed by atoms with E-state index in [0.29, 0.717) is 24.9 Å². The van der Waals surface area contributed by atoms with Gasteiger partial charge in [-0.2, -0.15) is 13.2 Å². The van der Waals surface area contributed by atoms with Crippen LogP contribution in [0.1, 0.15) is 21.5 Å². The number of carbonyl (C=O) groups excluding carboxylic acids is 3. The SMILES string of the molecule is O=C1NCCc2c1ccc1[nH]cc(CCNC(=O)N3CCN(OC(=O)C(F)(F)F)CC(F)(F)C3)c21. The lowest BCUT2D eigenvalue weighted by molar-refractivity contribution is -0.245. The second kappa shape index (κ2) is 9.32. The number of hydrogen-bond acceptors (Lipinski definition) is 5. The molecule has 0 spiro atoms. The molecule has 2 aliphatic rings. The monoisotopic (exact) mass is 503 g/mol. The third-order valence-electron chi connectivity index (χ3n) is 5.79. The molecule has 1 aromatic heterocycles. The van der Waals surface area contributed by atoms with Crippen LogP contribution in [-0.4, -0.2) is 84.2 Å². The molecule has 3 heterocycles. The molecule has 1 saturated heterocycles. The lowest BCUT2D eigenvalue weighted by atomic mass is 9.94. The van der Waals surface area contributed by atoms with Crippen LogP contribution in [0.25, 0.3) is 10.9 Å². The van der Waals surface area contributed by atoms with Crippen molar-refractivity contribution >= 4 is 28.8 Å². The maximum atomic E-state index is 14.2. The molecule has 9 nitrogen and oxygen atoms in total. The van der Waals surface area contributed by atoms with E-state index in [2.05, 4.69) is 20.5 Å². The molecule has 2 aliphatic heterocycles. The molecule has 35 heavy (non-hydrogen) atoms. The number of hydroxylamine groups is 2. The van der Waals surface area contributed by atoms with Gasteiger partial charge < -0.3 is 25.4 Å². The maximum Gasteiger partial charge on any atom is 0.492 e. The fourth-order valence-corrected chi connectivity index (χ4v) is 4.25. The predicted octanol–water partition coefficient (Wildman–Crippen LogP) is 1.98. The van der Waals surface area contributed by atoms with Crippen LogP contribution >= 0.6 is 0 Å². The maximum absolute atomic E-state index is 14.2. The Balaban J connectivity index is 1.37. The number of nitrogens with zero attached hydrogens (tertiary/aromatic N) is 2. The molecule has 2 aromatic rings. The van der Waals surface area contributed by atoms with Crippen LogP contribution in [0.3, 0.4) is 0 Å². The molecule has 3 amide bonds. The van der Waals surface area contributed by atoms with Gasteiger partial charge in [0, 0.05) is 42.3 Å². The highest BCUT2D eigenvalue weighted by atomic mass is 19.4. The molecule has 0 aliphatic carbocycles. The van der Waals surface area contributed by atoms with E-state index in [1.54, 1.807) is 18.3 Å². The van der Waals surface area contributed by atoms with Crippen molar-refractivity contribution in [3.8, 4) is 0 Å². The van der Waals surface area contributed by atoms with Gasteiger partial charge in [-0.3, -0.25) is 4.79 Å². The summed E-state index contributed by atoms with van der Waals surface area (Å²) in [5, 5.41) is 6.43. The lowest BCUT2D eigenvalue weighted by Crippen LogP contribution is -2.46. The van der Waals surface area contributed by atoms with Gasteiger partial charge in [-0.15, -0.1) is 5.06 Å². The molecule has 1 fully saturated rings. The van der Waals surface area contributed by atoms with Gasteiger partial charge in [0.2, 0.25) is 0 Å². The third kappa shape index (κ3) is 5.47. The molecule has 190 valence electrons. The molecule has 0 bridgehead atoms. The molecule has 0 unspecified atom stereocenters. The van der Waals surface area contributed by atoms with Crippen molar-refractivity contribution in [3.63, 3.8) is 0 Å². The number of benzene rings is 1. The highest BCUT2D eigenvalue weighted by Gasteiger charge is 2.45. The van der Waals surface area contributed by atoms with Crippen molar-refractivity contribution in [3.05, 3.63) is 35.0 Å². The number of amides is 3. The Morgan fingerprint density at radius 1 is 1.17 bits per heavy atom. The Morgan fingerprint density at radius 2 is 1.94 bits per heavy atom. The van der Waals surface area contributed by atoms with E-state index >= 15 is 0 Å². The number of aromatic nitrogens is 1. The number of nitrogens with one attached hydrogen (secondary N) is 3. The zero-order chi connectivity index (χ0) is 25.4. The summed E-state index contributed by atoms with van der Waals surface area (Å²) in [6, 6.07) is 2.70. The van der Waals surface area contributed by atoms with Crippen LogP contribution < -0.4 is 10.6 Å². The predicted molar refractivity (Wildman–Crippen MR) is 112 cm³/mol. The first-order valence-corrected chi connectivity index (χ1v) is 10.8. The topological polar surface area (TPSA) is 107 Å². The fourth-order valence-electron chi connectivity index (χ4n) is 4.25. The Morgan fingerprint density at radius 3 is 2.69 bits per heavy atom. The van der Waals surface area contributed by atoms with Gasteiger partial charge in [-0.05, 0) is 36.1 Å². The second-order valence-corrected chi connectivity index (χ2v) is 8.33. The van der Waals surface area contributed by atoms with Crippen molar-refractivity contribution in [1.29, 1.82) is 0 Å². The smallest absolute Gasteiger partial charge is 0.361 e. The fraction of sp³-hybridized carbons (Fsp3) is 0.476. The van der Waals surface area contributed by atoms with Gasteiger partial charge >= 0.3 is 18.2 Å². The Hall–Kier alpha value is -3.42. The zero-order valence-electron chi connectivity index (χ0n) is 18.3. The van der Waals surface area contributed by atoms with Crippen molar-refractivity contribution in [2.45, 2.75) is 24.9 Å². The normalized spacial score (nSPS) is 18.5. The number of carbonyl (C=O) groups is 3. The minimum atomic E-state index is -5.33. The minimum absolute atomic E-state index is 0.0937. The summed E-state index contributed by atoms with van der Waals surface area (Å²) in [7, 11) is 0. The first kappa shape index (κ1) is 24.7. The van der Waals surface area contributed by atoms with Crippen molar-refractivity contribution in [2.24, 2.45) is 0 Å². The Bertz CT molecular complexity index is 1150. The summed E-state index contributed by atoms with van der Waals surface area (Å²) in [6.07, 6.45) is -2.57. The number of aromatic amines is 1. The number of hydrogen-bond donors (Lipinski definition) is 3. The zero-order valence-corrected chi connectivity index (χ0v) is 18.3. The summed E-state index contributed by atoms with van der Waals surface area (Å²) in [6.45, 7) is -2.60. The highest BCUT2D eigenvalue weighted by molar-refractivity contribution is 6.02. The number of fused-ring (bicyclic) bond motifs is 3. The summed E-state index contributed by atoms with van der Waals surface area (Å²) in [4.78, 5) is 43.5. The molecule has 0 saturated carbocycles. The van der Waals surface area contributed by atoms with E-state index in [1.807, 2.05) is 0 Å². The van der Waals surface area contributed by atoms with Crippen LogP contribution in [0, 0.1) is 0 Å². The minimum Gasteiger partial charge on any atom is -0.361 e. The Kier molecular flexibility index (Phi) is 6.58. The Labute approximate surface area is 195 Å². The van der Waals surface area contributed by atoms with Crippen molar-refractivity contribution in [2.75, 3.05) is 39.3 Å². The van der Waals surface area contributed by atoms with E-state index in [9.17, 15) is 36.3 Å². The standard InChI is InChI=1S/C21H22F5N5O4/c22-20(23)10-30(7-8-31(11-20)35-18(33)21(24,25)26)19(34)28-5-3-12-9-29-15-2-1-14-13(16(12)15)4-6-27-17(14)32/h1-2,9,29H,3-8,10-11H2,(H,27,32)(H,28,34). The van der Waals surface area contributed by atoms with Gasteiger partial charge in [0.15, 0.2) is 0 Å². The van der Waals surface area contributed by atoms with Crippen molar-refractivity contribution in [1.82, 2.24) is 25.6 Å². The number of H-pyrrole nitrogens is 1. The molecule has 14 heteroatoms. The average molecular weight is 503 g/mol. The van der Waals surface area contributed by atoms with E-state index in [4.69, 9.17) is 0 Å². The summed E-state index contributed by atoms with van der Waals surface area (Å²) in [5.41, 5.74) is 3.16. The molecule has 0 radical (unpaired) electrons. The molecule has 0 atom stereocenters. The third-order valence-corrected chi connectivity index (χ3v) is 5.79. The second-order valence-electron chi connectivity index (χ2n) is 8.33. The average Bonchev–Trinajstić information content (AvgIpc) is 3.12. The number of urea groups is 1. The molecule has 4 rings (SSSR count). The first-order valence-electron chi connectivity index (χ1n) is 10.8. The molecule has 1 aromatic carbocycles. The van der Waals surface area contributed by atoms with Crippen molar-refractivity contribution < 1.29 is 41.2 Å². The van der Waals surface area contributed by atoms with Gasteiger partial charge in [-0.25, -0.2) is 18.4 Å². The number of rotatable bonds is 4. The summed E-state index contributed by atoms with van der Waals surface area (Å²) in [5.74, 6) is -6.37. The van der Waals surface area contributed by atoms with Gasteiger partial charge in [0.1, 0.15) is 6.54 Å². The first-order chi connectivity index (χ1) is 16.4. The van der Waals surface area contributed by atoms with E-state index in [0.717, 1.165) is 26.9 Å². The molecular formula is C21H22F5N5O4. The van der Waals surface area contributed by atoms with Crippen LogP contribution in [0.5, 0.6) is 0 Å². The van der Waals surface area contributed by atoms with Gasteiger partial charge in [-0.1, -0.05) is 0 Å². The molecular weight excluding hydrogens is 481 g/mol. The van der Waals surface area contributed by atoms with Gasteiger partial charge in [0.05, 0.1) is 13.1 Å². The van der Waals surface area contributed by atoms with Crippen LogP contribution in [0.4, 0.5) is 26.7 Å². The summed E-state index contributed by atoms with van der Waals surface area (Å²) < 4.78 is 65.6. The van der Waals surface area contributed by atoms with Crippen LogP contribution in [0.15, 0.2) is 18.3 Å². The quantitative estimate of drug-likeness (QED) is 0.554. The number of halogens is 5. The molecule has 3 N–H and O–H groups in total. The number of alkyl halides is 5. The van der Waals surface area contributed by atoms with E-state index in [1.165, 1.54) is 0 Å². The lowest BCUT2D eigenvalue weighted by Gasteiger charge is -2.24. The summed E-state index contributed by atoms with van der Waals surface area (Å²) >= 11 is 0. The van der Waals surface area contributed by atoms with Gasteiger partial charge in [0.25, 0.3) is 11.8 Å². The van der Waals surface area contributed by atoms with Crippen LogP contribution in [0.2, 0.25) is 0 Å².